The van der Waals surface area contributed by atoms with E-state index in [4.69, 9.17) is 4.74 Å². The first-order valence-electron chi connectivity index (χ1n) is 6.86. The molecule has 0 fully saturated rings. The van der Waals surface area contributed by atoms with Gasteiger partial charge in [0.05, 0.1) is 7.11 Å². The molecule has 4 rings (SSSR count). The van der Waals surface area contributed by atoms with E-state index in [9.17, 15) is 4.39 Å². The lowest BCUT2D eigenvalue weighted by atomic mass is 9.96. The maximum Gasteiger partial charge on any atom is 0.131 e. The zero-order valence-electron chi connectivity index (χ0n) is 11.6. The summed E-state index contributed by atoms with van der Waals surface area (Å²) >= 11 is 0. The summed E-state index contributed by atoms with van der Waals surface area (Å²) in [5, 5.41) is 5.59. The first-order valence-corrected chi connectivity index (χ1v) is 6.86. The molecule has 0 heterocycles. The van der Waals surface area contributed by atoms with Gasteiger partial charge in [-0.05, 0) is 28.3 Å². The quantitative estimate of drug-likeness (QED) is 0.429. The first kappa shape index (κ1) is 12.2. The van der Waals surface area contributed by atoms with Crippen LogP contribution in [0, 0.1) is 5.82 Å². The van der Waals surface area contributed by atoms with E-state index in [2.05, 4.69) is 0 Å². The molecule has 0 atom stereocenters. The van der Waals surface area contributed by atoms with Gasteiger partial charge in [-0.2, -0.15) is 0 Å². The fraction of sp³-hybridized carbons (Fsp3) is 0.0526. The van der Waals surface area contributed by atoms with E-state index in [1.54, 1.807) is 13.2 Å². The summed E-state index contributed by atoms with van der Waals surface area (Å²) in [6, 6.07) is 19.1. The van der Waals surface area contributed by atoms with Crippen molar-refractivity contribution in [3.05, 3.63) is 66.5 Å². The van der Waals surface area contributed by atoms with E-state index in [1.807, 2.05) is 48.5 Å². The van der Waals surface area contributed by atoms with E-state index in [0.717, 1.165) is 32.7 Å². The van der Waals surface area contributed by atoms with Gasteiger partial charge in [-0.3, -0.25) is 0 Å². The minimum atomic E-state index is -0.187. The van der Waals surface area contributed by atoms with Crippen LogP contribution >= 0.6 is 0 Å². The molecular formula is C19H13FO. The van der Waals surface area contributed by atoms with Crippen LogP contribution in [0.3, 0.4) is 0 Å². The van der Waals surface area contributed by atoms with Crippen molar-refractivity contribution in [2.24, 2.45) is 0 Å². The Balaban J connectivity index is 2.34. The Hall–Kier alpha value is -2.61. The second-order valence-corrected chi connectivity index (χ2v) is 5.12. The molecule has 0 N–H and O–H groups in total. The molecule has 0 bridgehead atoms. The Morgan fingerprint density at radius 1 is 0.714 bits per heavy atom. The van der Waals surface area contributed by atoms with E-state index < -0.39 is 0 Å². The molecule has 0 amide bonds. The van der Waals surface area contributed by atoms with Crippen LogP contribution in [-0.4, -0.2) is 7.11 Å². The number of hydrogen-bond acceptors (Lipinski definition) is 1. The number of rotatable bonds is 1. The Labute approximate surface area is 121 Å². The molecule has 0 aromatic heterocycles. The Morgan fingerprint density at radius 3 is 2.24 bits per heavy atom. The summed E-state index contributed by atoms with van der Waals surface area (Å²) in [6.07, 6.45) is 0. The van der Waals surface area contributed by atoms with Gasteiger partial charge >= 0.3 is 0 Å². The third-order valence-electron chi connectivity index (χ3n) is 4.01. The summed E-state index contributed by atoms with van der Waals surface area (Å²) in [7, 11) is 1.66. The molecule has 0 aliphatic heterocycles. The zero-order valence-corrected chi connectivity index (χ0v) is 11.6. The number of hydrogen-bond donors (Lipinski definition) is 0. The van der Waals surface area contributed by atoms with Crippen LogP contribution in [0.2, 0.25) is 0 Å². The average molecular weight is 276 g/mol. The van der Waals surface area contributed by atoms with Gasteiger partial charge in [0.25, 0.3) is 0 Å². The van der Waals surface area contributed by atoms with Crippen LogP contribution < -0.4 is 4.74 Å². The minimum Gasteiger partial charge on any atom is -0.496 e. The van der Waals surface area contributed by atoms with Gasteiger partial charge < -0.3 is 4.74 Å². The predicted octanol–water partition coefficient (Wildman–Crippen LogP) is 5.29. The fourth-order valence-corrected chi connectivity index (χ4v) is 3.06. The van der Waals surface area contributed by atoms with E-state index >= 15 is 0 Å². The largest absolute Gasteiger partial charge is 0.496 e. The molecule has 0 spiro atoms. The van der Waals surface area contributed by atoms with E-state index in [1.165, 1.54) is 6.07 Å². The van der Waals surface area contributed by atoms with Crippen molar-refractivity contribution >= 4 is 32.3 Å². The highest BCUT2D eigenvalue weighted by atomic mass is 19.1. The van der Waals surface area contributed by atoms with Gasteiger partial charge in [0.15, 0.2) is 0 Å². The lowest BCUT2D eigenvalue weighted by Crippen LogP contribution is -1.88. The molecule has 0 saturated heterocycles. The molecule has 0 aliphatic carbocycles. The highest BCUT2D eigenvalue weighted by Crippen LogP contribution is 2.36. The number of methoxy groups -OCH3 is 1. The Bertz CT molecular complexity index is 989. The van der Waals surface area contributed by atoms with Gasteiger partial charge in [-0.15, -0.1) is 0 Å². The highest BCUT2D eigenvalue weighted by Gasteiger charge is 2.10. The van der Waals surface area contributed by atoms with Gasteiger partial charge in [-0.1, -0.05) is 48.5 Å². The van der Waals surface area contributed by atoms with Crippen LogP contribution in [0.25, 0.3) is 32.3 Å². The second-order valence-electron chi connectivity index (χ2n) is 5.12. The summed E-state index contributed by atoms with van der Waals surface area (Å²) < 4.78 is 19.8. The number of benzene rings is 4. The van der Waals surface area contributed by atoms with Crippen LogP contribution in [0.5, 0.6) is 5.75 Å². The van der Waals surface area contributed by atoms with Crippen molar-refractivity contribution in [3.63, 3.8) is 0 Å². The number of ether oxygens (including phenoxy) is 1. The van der Waals surface area contributed by atoms with Crippen molar-refractivity contribution < 1.29 is 9.13 Å². The zero-order chi connectivity index (χ0) is 14.4. The van der Waals surface area contributed by atoms with E-state index in [0.29, 0.717) is 5.39 Å². The molecule has 21 heavy (non-hydrogen) atoms. The number of halogens is 1. The molecule has 0 aliphatic rings. The van der Waals surface area contributed by atoms with Crippen LogP contribution in [-0.2, 0) is 0 Å². The van der Waals surface area contributed by atoms with Crippen LogP contribution in [0.1, 0.15) is 0 Å². The van der Waals surface area contributed by atoms with Crippen LogP contribution in [0.15, 0.2) is 60.7 Å². The van der Waals surface area contributed by atoms with Gasteiger partial charge in [0, 0.05) is 16.2 Å². The van der Waals surface area contributed by atoms with Crippen molar-refractivity contribution in [2.75, 3.05) is 7.11 Å². The third-order valence-corrected chi connectivity index (χ3v) is 4.01. The summed E-state index contributed by atoms with van der Waals surface area (Å²) in [4.78, 5) is 0. The molecule has 0 saturated carbocycles. The van der Waals surface area contributed by atoms with Crippen molar-refractivity contribution in [1.29, 1.82) is 0 Å². The normalized spacial score (nSPS) is 11.3. The Kier molecular flexibility index (Phi) is 2.58. The highest BCUT2D eigenvalue weighted by molar-refractivity contribution is 6.21. The predicted molar refractivity (Wildman–Crippen MR) is 85.5 cm³/mol. The molecule has 0 unspecified atom stereocenters. The van der Waals surface area contributed by atoms with Crippen molar-refractivity contribution in [2.45, 2.75) is 0 Å². The van der Waals surface area contributed by atoms with Crippen molar-refractivity contribution in [3.8, 4) is 5.75 Å². The molecule has 0 radical (unpaired) electrons. The molecule has 2 heteroatoms. The van der Waals surface area contributed by atoms with Crippen LogP contribution in [0.4, 0.5) is 4.39 Å². The monoisotopic (exact) mass is 276 g/mol. The Morgan fingerprint density at radius 2 is 1.43 bits per heavy atom. The maximum atomic E-state index is 14.4. The molecule has 4 aromatic rings. The first-order chi connectivity index (χ1) is 10.3. The lowest BCUT2D eigenvalue weighted by Gasteiger charge is -2.11. The fourth-order valence-electron chi connectivity index (χ4n) is 3.06. The average Bonchev–Trinajstić information content (AvgIpc) is 2.53. The standard InChI is InChI=1S/C19H13FO/c1-21-17-7-3-5-15-14(17)11-10-13-9-8-12-4-2-6-16(20)19(12)18(13)15/h2-11H,1H3. The second kappa shape index (κ2) is 4.45. The van der Waals surface area contributed by atoms with Gasteiger partial charge in [0.1, 0.15) is 11.6 Å². The summed E-state index contributed by atoms with van der Waals surface area (Å²) in [6.45, 7) is 0. The maximum absolute atomic E-state index is 14.4. The smallest absolute Gasteiger partial charge is 0.131 e. The number of fused-ring (bicyclic) bond motifs is 5. The molecule has 1 nitrogen and oxygen atoms in total. The minimum absolute atomic E-state index is 0.187. The molecule has 102 valence electrons. The SMILES string of the molecule is COc1cccc2c1ccc1ccc3cccc(F)c3c12. The molecule has 4 aromatic carbocycles. The third kappa shape index (κ3) is 1.69. The summed E-state index contributed by atoms with van der Waals surface area (Å²) in [5.74, 6) is 0.621. The molecular weight excluding hydrogens is 263 g/mol. The van der Waals surface area contributed by atoms with E-state index in [-0.39, 0.29) is 5.82 Å². The summed E-state index contributed by atoms with van der Waals surface area (Å²) in [5.41, 5.74) is 0. The van der Waals surface area contributed by atoms with Gasteiger partial charge in [-0.25, -0.2) is 4.39 Å². The lowest BCUT2D eigenvalue weighted by molar-refractivity contribution is 0.420. The van der Waals surface area contributed by atoms with Crippen molar-refractivity contribution in [1.82, 2.24) is 0 Å². The topological polar surface area (TPSA) is 9.23 Å². The van der Waals surface area contributed by atoms with Gasteiger partial charge in [0.2, 0.25) is 0 Å².